The van der Waals surface area contributed by atoms with Crippen LogP contribution in [-0.2, 0) is 4.79 Å². The van der Waals surface area contributed by atoms with Crippen LogP contribution >= 0.6 is 11.9 Å². The molecule has 0 bridgehead atoms. The summed E-state index contributed by atoms with van der Waals surface area (Å²) < 4.78 is 3.56. The zero-order chi connectivity index (χ0) is 16.2. The second kappa shape index (κ2) is 7.29. The first-order chi connectivity index (χ1) is 11.1. The van der Waals surface area contributed by atoms with Crippen LogP contribution < -0.4 is 15.4 Å². The lowest BCUT2D eigenvalue weighted by Gasteiger charge is -2.14. The third-order valence-electron chi connectivity index (χ3n) is 4.09. The number of benzene rings is 1. The van der Waals surface area contributed by atoms with Crippen LogP contribution in [-0.4, -0.2) is 36.1 Å². The Bertz CT molecular complexity index is 701. The van der Waals surface area contributed by atoms with Crippen LogP contribution in [0.5, 0.6) is 0 Å². The molecular formula is C17H22N4OS. The molecule has 2 unspecified atom stereocenters. The van der Waals surface area contributed by atoms with E-state index < -0.39 is 0 Å². The number of rotatable bonds is 5. The molecule has 1 amide bonds. The average Bonchev–Trinajstić information content (AvgIpc) is 2.99. The Labute approximate surface area is 140 Å². The van der Waals surface area contributed by atoms with E-state index in [-0.39, 0.29) is 5.91 Å². The molecule has 1 fully saturated rings. The van der Waals surface area contributed by atoms with Crippen molar-refractivity contribution < 1.29 is 4.79 Å². The van der Waals surface area contributed by atoms with Gasteiger partial charge in [-0.05, 0) is 36.9 Å². The number of fused-ring (bicyclic) bond motifs is 1. The molecule has 23 heavy (non-hydrogen) atoms. The Kier molecular flexibility index (Phi) is 5.15. The van der Waals surface area contributed by atoms with Crippen molar-refractivity contribution in [1.29, 1.82) is 0 Å². The normalized spacial score (nSPS) is 20.8. The van der Waals surface area contributed by atoms with Gasteiger partial charge in [0.1, 0.15) is 0 Å². The van der Waals surface area contributed by atoms with Gasteiger partial charge in [0, 0.05) is 60.2 Å². The highest BCUT2D eigenvalue weighted by Crippen LogP contribution is 2.29. The van der Waals surface area contributed by atoms with Gasteiger partial charge in [-0.3, -0.25) is 14.5 Å². The lowest BCUT2D eigenvalue weighted by molar-refractivity contribution is -0.119. The molecule has 2 aromatic rings. The van der Waals surface area contributed by atoms with E-state index in [0.717, 1.165) is 13.0 Å². The van der Waals surface area contributed by atoms with Crippen LogP contribution in [0.1, 0.15) is 18.9 Å². The molecule has 0 saturated carbocycles. The summed E-state index contributed by atoms with van der Waals surface area (Å²) in [6.07, 6.45) is 4.83. The Morgan fingerprint density at radius 2 is 2.30 bits per heavy atom. The summed E-state index contributed by atoms with van der Waals surface area (Å²) in [5.41, 5.74) is 1.19. The molecule has 2 atom stereocenters. The van der Waals surface area contributed by atoms with Gasteiger partial charge in [0.05, 0.1) is 0 Å². The number of carbonyl (C=O) groups is 1. The van der Waals surface area contributed by atoms with Crippen molar-refractivity contribution in [2.75, 3.05) is 13.1 Å². The second-order valence-corrected chi connectivity index (χ2v) is 6.89. The summed E-state index contributed by atoms with van der Waals surface area (Å²) in [6.45, 7) is 5.26. The number of pyridine rings is 1. The summed E-state index contributed by atoms with van der Waals surface area (Å²) in [6, 6.07) is 7.05. The zero-order valence-corrected chi connectivity index (χ0v) is 14.2. The first-order valence-corrected chi connectivity index (χ1v) is 8.68. The van der Waals surface area contributed by atoms with Crippen LogP contribution in [0.3, 0.4) is 0 Å². The van der Waals surface area contributed by atoms with Crippen molar-refractivity contribution in [2.24, 2.45) is 0 Å². The second-order valence-electron chi connectivity index (χ2n) is 6.01. The van der Waals surface area contributed by atoms with Crippen molar-refractivity contribution in [1.82, 2.24) is 20.3 Å². The van der Waals surface area contributed by atoms with Crippen LogP contribution in [0.4, 0.5) is 0 Å². The topological polar surface area (TPSA) is 66.0 Å². The zero-order valence-electron chi connectivity index (χ0n) is 13.4. The van der Waals surface area contributed by atoms with Gasteiger partial charge in [-0.1, -0.05) is 12.1 Å². The fraction of sp³-hybridized carbons (Fsp3) is 0.412. The molecule has 1 aromatic heterocycles. The summed E-state index contributed by atoms with van der Waals surface area (Å²) >= 11 is 1.68. The largest absolute Gasteiger partial charge is 0.355 e. The van der Waals surface area contributed by atoms with E-state index in [1.54, 1.807) is 18.9 Å². The third kappa shape index (κ3) is 4.02. The number of aryl methyl sites for hydroxylation is 1. The van der Waals surface area contributed by atoms with E-state index in [1.807, 2.05) is 12.4 Å². The van der Waals surface area contributed by atoms with Gasteiger partial charge in [-0.15, -0.1) is 0 Å². The molecule has 1 aliphatic heterocycles. The highest BCUT2D eigenvalue weighted by Gasteiger charge is 2.24. The lowest BCUT2D eigenvalue weighted by atomic mass is 10.1. The molecule has 2 heterocycles. The summed E-state index contributed by atoms with van der Waals surface area (Å²) in [4.78, 5) is 16.5. The molecule has 0 aliphatic carbocycles. The Balaban J connectivity index is 1.60. The lowest BCUT2D eigenvalue weighted by Crippen LogP contribution is -2.35. The standard InChI is InChI=1S/C17H22N4OS/c1-11-7-18-8-13-4-3-5-16(17(11)13)23-21-15-6-14(20-10-15)9-19-12(2)22/h3-5,7-8,14-15,20-21H,6,9-10H2,1-2H3,(H,19,22). The Morgan fingerprint density at radius 3 is 3.13 bits per heavy atom. The van der Waals surface area contributed by atoms with Gasteiger partial charge in [0.15, 0.2) is 0 Å². The molecule has 3 N–H and O–H groups in total. The maximum absolute atomic E-state index is 11.0. The number of aromatic nitrogens is 1. The molecule has 1 aliphatic rings. The van der Waals surface area contributed by atoms with Crippen molar-refractivity contribution in [3.05, 3.63) is 36.2 Å². The van der Waals surface area contributed by atoms with E-state index >= 15 is 0 Å². The van der Waals surface area contributed by atoms with E-state index in [9.17, 15) is 4.79 Å². The summed E-state index contributed by atoms with van der Waals surface area (Å²) in [5.74, 6) is 0.0254. The summed E-state index contributed by atoms with van der Waals surface area (Å²) in [7, 11) is 0. The molecule has 3 rings (SSSR count). The quantitative estimate of drug-likeness (QED) is 0.732. The number of nitrogens with one attached hydrogen (secondary N) is 3. The molecule has 1 aromatic carbocycles. The van der Waals surface area contributed by atoms with Crippen LogP contribution in [0.15, 0.2) is 35.5 Å². The fourth-order valence-electron chi connectivity index (χ4n) is 2.93. The highest BCUT2D eigenvalue weighted by atomic mass is 32.2. The van der Waals surface area contributed by atoms with Crippen LogP contribution in [0, 0.1) is 6.92 Å². The maximum Gasteiger partial charge on any atom is 0.216 e. The third-order valence-corrected chi connectivity index (χ3v) is 5.10. The van der Waals surface area contributed by atoms with Crippen molar-refractivity contribution in [2.45, 2.75) is 37.2 Å². The van der Waals surface area contributed by atoms with Crippen molar-refractivity contribution in [3.8, 4) is 0 Å². The van der Waals surface area contributed by atoms with Gasteiger partial charge in [-0.2, -0.15) is 0 Å². The molecule has 0 spiro atoms. The van der Waals surface area contributed by atoms with E-state index in [2.05, 4.69) is 45.5 Å². The van der Waals surface area contributed by atoms with Gasteiger partial charge in [0.25, 0.3) is 0 Å². The average molecular weight is 330 g/mol. The minimum Gasteiger partial charge on any atom is -0.355 e. The fourth-order valence-corrected chi connectivity index (χ4v) is 3.94. The van der Waals surface area contributed by atoms with Crippen molar-refractivity contribution >= 4 is 28.6 Å². The van der Waals surface area contributed by atoms with Gasteiger partial charge >= 0.3 is 0 Å². The summed E-state index contributed by atoms with van der Waals surface area (Å²) in [5, 5.41) is 8.75. The first-order valence-electron chi connectivity index (χ1n) is 7.87. The molecule has 1 saturated heterocycles. The SMILES string of the molecule is CC(=O)NCC1CC(NSc2cccc3cncc(C)c23)CN1. The van der Waals surface area contributed by atoms with Crippen LogP contribution in [0.2, 0.25) is 0 Å². The Morgan fingerprint density at radius 1 is 1.43 bits per heavy atom. The van der Waals surface area contributed by atoms with E-state index in [1.165, 1.54) is 21.2 Å². The minimum absolute atomic E-state index is 0.0254. The van der Waals surface area contributed by atoms with Gasteiger partial charge in [0.2, 0.25) is 5.91 Å². The number of hydrogen-bond donors (Lipinski definition) is 3. The smallest absolute Gasteiger partial charge is 0.216 e. The van der Waals surface area contributed by atoms with E-state index in [4.69, 9.17) is 0 Å². The van der Waals surface area contributed by atoms with Crippen LogP contribution in [0.25, 0.3) is 10.8 Å². The molecule has 6 heteroatoms. The highest BCUT2D eigenvalue weighted by molar-refractivity contribution is 7.97. The first kappa shape index (κ1) is 16.2. The monoisotopic (exact) mass is 330 g/mol. The number of nitrogens with zero attached hydrogens (tertiary/aromatic N) is 1. The van der Waals surface area contributed by atoms with Crippen molar-refractivity contribution in [3.63, 3.8) is 0 Å². The van der Waals surface area contributed by atoms with E-state index in [0.29, 0.717) is 18.6 Å². The van der Waals surface area contributed by atoms with Gasteiger partial charge < -0.3 is 10.6 Å². The predicted molar refractivity (Wildman–Crippen MR) is 94.4 cm³/mol. The molecule has 122 valence electrons. The molecular weight excluding hydrogens is 308 g/mol. The number of amides is 1. The maximum atomic E-state index is 11.0. The molecule has 0 radical (unpaired) electrons. The van der Waals surface area contributed by atoms with Gasteiger partial charge in [-0.25, -0.2) is 0 Å². The minimum atomic E-state index is 0.0254. The Hall–Kier alpha value is -1.63. The number of hydrogen-bond acceptors (Lipinski definition) is 5. The predicted octanol–water partition coefficient (Wildman–Crippen LogP) is 2.01. The molecule has 5 nitrogen and oxygen atoms in total. The number of carbonyl (C=O) groups excluding carboxylic acids is 1.